The number of hydrogen-bond acceptors (Lipinski definition) is 3. The van der Waals surface area contributed by atoms with Gasteiger partial charge in [0, 0.05) is 6.08 Å². The van der Waals surface area contributed by atoms with Crippen molar-refractivity contribution < 1.29 is 14.3 Å². The summed E-state index contributed by atoms with van der Waals surface area (Å²) in [4.78, 5) is 11.1. The van der Waals surface area contributed by atoms with E-state index in [9.17, 15) is 4.79 Å². The summed E-state index contributed by atoms with van der Waals surface area (Å²) >= 11 is 0. The van der Waals surface area contributed by atoms with Crippen LogP contribution < -0.4 is 0 Å². The Balaban J connectivity index is 2.22. The normalized spacial score (nSPS) is 26.6. The number of rotatable bonds is 8. The van der Waals surface area contributed by atoms with Crippen molar-refractivity contribution in [3.63, 3.8) is 0 Å². The van der Waals surface area contributed by atoms with Gasteiger partial charge in [-0.2, -0.15) is 0 Å². The molecular formula is C17H28O3. The van der Waals surface area contributed by atoms with Gasteiger partial charge in [0.2, 0.25) is 0 Å². The second-order valence-electron chi connectivity index (χ2n) is 5.91. The van der Waals surface area contributed by atoms with Crippen LogP contribution in [0.25, 0.3) is 0 Å². The standard InChI is InChI=1S/C17H28O3/c1-6-17(4)15(20-17)11-10-13(2)8-7-9-14(3)12-16(18)19-5/h8,12,15H,6-7,9-11H2,1-5H3/b13-8+,14-12+/t15-,17-/m1/s1. The van der Waals surface area contributed by atoms with Gasteiger partial charge < -0.3 is 9.47 Å². The van der Waals surface area contributed by atoms with Gasteiger partial charge in [0.05, 0.1) is 18.8 Å². The van der Waals surface area contributed by atoms with Crippen molar-refractivity contribution in [2.45, 2.75) is 71.5 Å². The van der Waals surface area contributed by atoms with Gasteiger partial charge in [-0.05, 0) is 52.9 Å². The van der Waals surface area contributed by atoms with Crippen LogP contribution in [-0.2, 0) is 14.3 Å². The highest BCUT2D eigenvalue weighted by atomic mass is 16.6. The molecule has 1 aliphatic heterocycles. The average Bonchev–Trinajstić information content (AvgIpc) is 3.08. The van der Waals surface area contributed by atoms with Crippen LogP contribution >= 0.6 is 0 Å². The summed E-state index contributed by atoms with van der Waals surface area (Å²) in [6.07, 6.45) is 9.45. The highest BCUT2D eigenvalue weighted by Crippen LogP contribution is 2.42. The van der Waals surface area contributed by atoms with Crippen LogP contribution in [0.1, 0.15) is 59.8 Å². The highest BCUT2D eigenvalue weighted by Gasteiger charge is 2.49. The molecule has 0 radical (unpaired) electrons. The molecule has 1 rings (SSSR count). The summed E-state index contributed by atoms with van der Waals surface area (Å²) in [5.41, 5.74) is 2.61. The lowest BCUT2D eigenvalue weighted by Gasteiger charge is -2.03. The molecule has 1 heterocycles. The molecule has 0 aliphatic carbocycles. The highest BCUT2D eigenvalue weighted by molar-refractivity contribution is 5.82. The summed E-state index contributed by atoms with van der Waals surface area (Å²) in [6, 6.07) is 0. The Morgan fingerprint density at radius 3 is 2.55 bits per heavy atom. The third-order valence-corrected chi connectivity index (χ3v) is 4.14. The van der Waals surface area contributed by atoms with Crippen LogP contribution in [0, 0.1) is 0 Å². The number of esters is 1. The van der Waals surface area contributed by atoms with E-state index in [1.54, 1.807) is 6.08 Å². The van der Waals surface area contributed by atoms with E-state index in [1.165, 1.54) is 12.7 Å². The zero-order chi connectivity index (χ0) is 15.2. The number of hydrogen-bond donors (Lipinski definition) is 0. The third-order valence-electron chi connectivity index (χ3n) is 4.14. The fourth-order valence-corrected chi connectivity index (χ4v) is 2.31. The number of carbonyl (C=O) groups is 1. The van der Waals surface area contributed by atoms with E-state index in [0.29, 0.717) is 6.10 Å². The number of methoxy groups -OCH3 is 1. The van der Waals surface area contributed by atoms with E-state index >= 15 is 0 Å². The van der Waals surface area contributed by atoms with Crippen molar-refractivity contribution in [2.75, 3.05) is 7.11 Å². The zero-order valence-corrected chi connectivity index (χ0v) is 13.5. The topological polar surface area (TPSA) is 38.8 Å². The lowest BCUT2D eigenvalue weighted by atomic mass is 9.99. The monoisotopic (exact) mass is 280 g/mol. The molecule has 0 aromatic heterocycles. The largest absolute Gasteiger partial charge is 0.466 e. The Bertz CT molecular complexity index is 395. The van der Waals surface area contributed by atoms with Crippen molar-refractivity contribution in [3.05, 3.63) is 23.3 Å². The molecule has 0 aromatic carbocycles. The SMILES string of the molecule is CC[C@@]1(C)O[C@@H]1CC/C(C)=C/CC/C(C)=C/C(=O)OC. The smallest absolute Gasteiger partial charge is 0.330 e. The Kier molecular flexibility index (Phi) is 6.47. The molecule has 1 aliphatic rings. The first-order chi connectivity index (χ1) is 9.41. The maximum Gasteiger partial charge on any atom is 0.330 e. The summed E-state index contributed by atoms with van der Waals surface area (Å²) < 4.78 is 10.3. The van der Waals surface area contributed by atoms with Crippen LogP contribution in [0.3, 0.4) is 0 Å². The van der Waals surface area contributed by atoms with Crippen LogP contribution in [0.15, 0.2) is 23.3 Å². The van der Waals surface area contributed by atoms with E-state index in [-0.39, 0.29) is 11.6 Å². The van der Waals surface area contributed by atoms with Crippen LogP contribution in [-0.4, -0.2) is 24.8 Å². The quantitative estimate of drug-likeness (QED) is 0.290. The van der Waals surface area contributed by atoms with Gasteiger partial charge >= 0.3 is 5.97 Å². The van der Waals surface area contributed by atoms with Crippen LogP contribution in [0.2, 0.25) is 0 Å². The minimum atomic E-state index is -0.270. The number of ether oxygens (including phenoxy) is 2. The number of allylic oxidation sites excluding steroid dienone is 3. The third kappa shape index (κ3) is 5.49. The second-order valence-corrected chi connectivity index (χ2v) is 5.91. The Labute approximate surface area is 123 Å². The van der Waals surface area contributed by atoms with E-state index in [0.717, 1.165) is 37.7 Å². The Hall–Kier alpha value is -1.09. The van der Waals surface area contributed by atoms with E-state index in [2.05, 4.69) is 31.6 Å². The summed E-state index contributed by atoms with van der Waals surface area (Å²) in [5.74, 6) is -0.270. The summed E-state index contributed by atoms with van der Waals surface area (Å²) in [7, 11) is 1.40. The maximum absolute atomic E-state index is 11.1. The van der Waals surface area contributed by atoms with Crippen molar-refractivity contribution in [1.82, 2.24) is 0 Å². The molecule has 1 saturated heterocycles. The summed E-state index contributed by atoms with van der Waals surface area (Å²) in [6.45, 7) is 8.51. The van der Waals surface area contributed by atoms with E-state index < -0.39 is 0 Å². The van der Waals surface area contributed by atoms with Crippen molar-refractivity contribution in [1.29, 1.82) is 0 Å². The summed E-state index contributed by atoms with van der Waals surface area (Å²) in [5, 5.41) is 0. The Morgan fingerprint density at radius 1 is 1.30 bits per heavy atom. The fourth-order valence-electron chi connectivity index (χ4n) is 2.31. The number of epoxide rings is 1. The van der Waals surface area contributed by atoms with Gasteiger partial charge in [-0.1, -0.05) is 24.1 Å². The van der Waals surface area contributed by atoms with E-state index in [1.807, 2.05) is 6.92 Å². The molecule has 0 amide bonds. The molecule has 3 nitrogen and oxygen atoms in total. The van der Waals surface area contributed by atoms with Crippen molar-refractivity contribution in [2.24, 2.45) is 0 Å². The minimum absolute atomic E-state index is 0.139. The minimum Gasteiger partial charge on any atom is -0.466 e. The van der Waals surface area contributed by atoms with E-state index in [4.69, 9.17) is 4.74 Å². The molecule has 0 saturated carbocycles. The van der Waals surface area contributed by atoms with Gasteiger partial charge in [-0.15, -0.1) is 0 Å². The molecule has 0 bridgehead atoms. The molecule has 0 N–H and O–H groups in total. The first-order valence-corrected chi connectivity index (χ1v) is 7.50. The second kappa shape index (κ2) is 7.63. The van der Waals surface area contributed by atoms with Gasteiger partial charge in [0.1, 0.15) is 0 Å². The predicted octanol–water partition coefficient (Wildman–Crippen LogP) is 4.18. The fraction of sp³-hybridized carbons (Fsp3) is 0.706. The molecule has 3 heteroatoms. The van der Waals surface area contributed by atoms with Gasteiger partial charge in [-0.3, -0.25) is 0 Å². The molecular weight excluding hydrogens is 252 g/mol. The zero-order valence-electron chi connectivity index (χ0n) is 13.5. The lowest BCUT2D eigenvalue weighted by molar-refractivity contribution is -0.134. The lowest BCUT2D eigenvalue weighted by Crippen LogP contribution is -2.07. The maximum atomic E-state index is 11.1. The average molecular weight is 280 g/mol. The molecule has 20 heavy (non-hydrogen) atoms. The van der Waals surface area contributed by atoms with Gasteiger partial charge in [0.25, 0.3) is 0 Å². The molecule has 0 aromatic rings. The number of carbonyl (C=O) groups excluding carboxylic acids is 1. The first-order valence-electron chi connectivity index (χ1n) is 7.50. The molecule has 0 spiro atoms. The van der Waals surface area contributed by atoms with Crippen LogP contribution in [0.4, 0.5) is 0 Å². The van der Waals surface area contributed by atoms with Gasteiger partial charge in [-0.25, -0.2) is 4.79 Å². The van der Waals surface area contributed by atoms with Gasteiger partial charge in [0.15, 0.2) is 0 Å². The first kappa shape index (κ1) is 17.0. The Morgan fingerprint density at radius 2 is 2.00 bits per heavy atom. The van der Waals surface area contributed by atoms with Crippen molar-refractivity contribution in [3.8, 4) is 0 Å². The molecule has 114 valence electrons. The van der Waals surface area contributed by atoms with Crippen molar-refractivity contribution >= 4 is 5.97 Å². The molecule has 0 unspecified atom stereocenters. The van der Waals surface area contributed by atoms with Crippen LogP contribution in [0.5, 0.6) is 0 Å². The molecule has 2 atom stereocenters. The molecule has 1 fully saturated rings. The predicted molar refractivity (Wildman–Crippen MR) is 81.6 cm³/mol.